The maximum atomic E-state index is 12.9. The summed E-state index contributed by atoms with van der Waals surface area (Å²) < 4.78 is 7.12. The molecule has 0 bridgehead atoms. The van der Waals surface area contributed by atoms with Gasteiger partial charge in [-0.15, -0.1) is 0 Å². The molecule has 0 aliphatic heterocycles. The first-order chi connectivity index (χ1) is 13.5. The fraction of sp³-hybridized carbons (Fsp3) is 0.0476. The minimum Gasteiger partial charge on any atom is -0.451 e. The Morgan fingerprint density at radius 3 is 2.68 bits per heavy atom. The predicted octanol–water partition coefficient (Wildman–Crippen LogP) is 4.68. The first kappa shape index (κ1) is 17.2. The molecule has 28 heavy (non-hydrogen) atoms. The van der Waals surface area contributed by atoms with Gasteiger partial charge in [-0.2, -0.15) is 5.26 Å². The topological polar surface area (TPSA) is 102 Å². The number of carbonyl (C=O) groups excluding carboxylic acids is 1. The highest BCUT2D eigenvalue weighted by Crippen LogP contribution is 2.29. The van der Waals surface area contributed by atoms with Crippen LogP contribution < -0.4 is 0 Å². The molecule has 0 amide bonds. The van der Waals surface area contributed by atoms with Gasteiger partial charge in [-0.05, 0) is 36.8 Å². The van der Waals surface area contributed by atoms with Crippen molar-refractivity contribution in [2.75, 3.05) is 0 Å². The van der Waals surface area contributed by atoms with E-state index in [9.17, 15) is 20.2 Å². The van der Waals surface area contributed by atoms with Crippen LogP contribution >= 0.6 is 0 Å². The lowest BCUT2D eigenvalue weighted by molar-refractivity contribution is -0.384. The Labute approximate surface area is 159 Å². The van der Waals surface area contributed by atoms with E-state index in [0.717, 1.165) is 0 Å². The number of rotatable bonds is 3. The van der Waals surface area contributed by atoms with Crippen molar-refractivity contribution in [2.45, 2.75) is 6.92 Å². The first-order valence-corrected chi connectivity index (χ1v) is 8.39. The van der Waals surface area contributed by atoms with E-state index in [1.807, 2.05) is 0 Å². The number of hydrogen-bond donors (Lipinski definition) is 0. The van der Waals surface area contributed by atoms with E-state index in [-0.39, 0.29) is 11.4 Å². The van der Waals surface area contributed by atoms with E-state index in [4.69, 9.17) is 4.42 Å². The van der Waals surface area contributed by atoms with E-state index >= 15 is 0 Å². The van der Waals surface area contributed by atoms with Crippen LogP contribution in [0.25, 0.3) is 22.2 Å². The van der Waals surface area contributed by atoms with Gasteiger partial charge in [0.05, 0.1) is 16.0 Å². The summed E-state index contributed by atoms with van der Waals surface area (Å²) in [5, 5.41) is 20.9. The van der Waals surface area contributed by atoms with Crippen LogP contribution in [0.15, 0.2) is 65.2 Å². The lowest BCUT2D eigenvalue weighted by Gasteiger charge is -2.03. The molecule has 0 aliphatic rings. The molecule has 2 aromatic carbocycles. The van der Waals surface area contributed by atoms with Crippen LogP contribution in [0.5, 0.6) is 0 Å². The van der Waals surface area contributed by atoms with Gasteiger partial charge >= 0.3 is 0 Å². The summed E-state index contributed by atoms with van der Waals surface area (Å²) in [5.74, 6) is 0.147. The number of nitro benzene ring substituents is 1. The third-order valence-corrected chi connectivity index (χ3v) is 4.55. The molecule has 0 unspecified atom stereocenters. The third kappa shape index (κ3) is 2.73. The summed E-state index contributed by atoms with van der Waals surface area (Å²) in [6.07, 6.45) is 1.49. The van der Waals surface area contributed by atoms with Crippen LogP contribution in [0, 0.1) is 28.4 Å². The second-order valence-electron chi connectivity index (χ2n) is 6.27. The number of furan rings is 1. The highest BCUT2D eigenvalue weighted by molar-refractivity contribution is 6.02. The molecular weight excluding hydrogens is 358 g/mol. The van der Waals surface area contributed by atoms with Crippen molar-refractivity contribution in [3.8, 4) is 17.4 Å². The average molecular weight is 371 g/mol. The van der Waals surface area contributed by atoms with Gasteiger partial charge in [-0.25, -0.2) is 0 Å². The molecule has 0 radical (unpaired) electrons. The Balaban J connectivity index is 1.74. The number of aryl methyl sites for hydroxylation is 1. The number of non-ortho nitro benzene ring substituents is 1. The van der Waals surface area contributed by atoms with E-state index in [2.05, 4.69) is 6.07 Å². The number of benzene rings is 2. The molecule has 7 nitrogen and oxygen atoms in total. The van der Waals surface area contributed by atoms with Crippen molar-refractivity contribution in [1.29, 1.82) is 5.26 Å². The third-order valence-electron chi connectivity index (χ3n) is 4.55. The van der Waals surface area contributed by atoms with Crippen molar-refractivity contribution in [3.05, 3.63) is 87.8 Å². The van der Waals surface area contributed by atoms with Crippen LogP contribution in [-0.4, -0.2) is 15.4 Å². The molecular formula is C21H13N3O4. The number of nitrogens with zero attached hydrogens (tertiary/aromatic N) is 3. The van der Waals surface area contributed by atoms with Crippen molar-refractivity contribution in [2.24, 2.45) is 0 Å². The second kappa shape index (κ2) is 6.52. The van der Waals surface area contributed by atoms with Gasteiger partial charge in [0.2, 0.25) is 0 Å². The van der Waals surface area contributed by atoms with Crippen LogP contribution in [0.4, 0.5) is 5.69 Å². The van der Waals surface area contributed by atoms with E-state index in [0.29, 0.717) is 33.4 Å². The number of nitriles is 1. The lowest BCUT2D eigenvalue weighted by atomic mass is 10.1. The van der Waals surface area contributed by atoms with Gasteiger partial charge < -0.3 is 4.42 Å². The molecule has 0 aliphatic carbocycles. The van der Waals surface area contributed by atoms with Crippen LogP contribution in [0.1, 0.15) is 21.7 Å². The molecule has 0 saturated heterocycles. The molecule has 2 heterocycles. The van der Waals surface area contributed by atoms with Gasteiger partial charge in [0.1, 0.15) is 11.8 Å². The molecule has 4 aromatic rings. The number of hydrogen-bond acceptors (Lipinski definition) is 5. The van der Waals surface area contributed by atoms with Gasteiger partial charge in [0, 0.05) is 29.3 Å². The van der Waals surface area contributed by atoms with Crippen LogP contribution in [0.3, 0.4) is 0 Å². The number of nitro groups is 1. The quantitative estimate of drug-likeness (QED) is 0.384. The Morgan fingerprint density at radius 2 is 1.96 bits per heavy atom. The zero-order chi connectivity index (χ0) is 19.8. The van der Waals surface area contributed by atoms with E-state index < -0.39 is 10.8 Å². The van der Waals surface area contributed by atoms with Crippen molar-refractivity contribution >= 4 is 22.5 Å². The Hall–Kier alpha value is -4.18. The lowest BCUT2D eigenvalue weighted by Crippen LogP contribution is -2.09. The smallest absolute Gasteiger partial charge is 0.298 e. The number of fused-ring (bicyclic) bond motifs is 1. The Bertz CT molecular complexity index is 1290. The van der Waals surface area contributed by atoms with E-state index in [1.165, 1.54) is 22.9 Å². The highest BCUT2D eigenvalue weighted by Gasteiger charge is 2.19. The van der Waals surface area contributed by atoms with Crippen molar-refractivity contribution in [3.63, 3.8) is 0 Å². The Morgan fingerprint density at radius 1 is 1.18 bits per heavy atom. The number of aromatic nitrogens is 1. The van der Waals surface area contributed by atoms with Crippen LogP contribution in [0.2, 0.25) is 0 Å². The Kier molecular flexibility index (Phi) is 4.02. The van der Waals surface area contributed by atoms with Gasteiger partial charge in [0.25, 0.3) is 11.6 Å². The largest absolute Gasteiger partial charge is 0.451 e. The number of para-hydroxylation sites is 1. The fourth-order valence-electron chi connectivity index (χ4n) is 3.19. The molecule has 7 heteroatoms. The maximum Gasteiger partial charge on any atom is 0.298 e. The molecule has 136 valence electrons. The van der Waals surface area contributed by atoms with Gasteiger partial charge in [0.15, 0.2) is 5.76 Å². The summed E-state index contributed by atoms with van der Waals surface area (Å²) in [5.41, 5.74) is 2.35. The summed E-state index contributed by atoms with van der Waals surface area (Å²) in [6.45, 7) is 1.74. The molecule has 0 spiro atoms. The molecule has 0 saturated carbocycles. The molecule has 0 fully saturated rings. The summed E-state index contributed by atoms with van der Waals surface area (Å²) in [6, 6.07) is 16.9. The van der Waals surface area contributed by atoms with Crippen LogP contribution in [-0.2, 0) is 0 Å². The molecule has 2 aromatic heterocycles. The summed E-state index contributed by atoms with van der Waals surface area (Å²) >= 11 is 0. The zero-order valence-corrected chi connectivity index (χ0v) is 14.7. The normalized spacial score (nSPS) is 10.7. The average Bonchev–Trinajstić information content (AvgIpc) is 3.32. The van der Waals surface area contributed by atoms with E-state index in [1.54, 1.807) is 49.4 Å². The minimum atomic E-state index is -0.461. The standard InChI is InChI=1S/C21H13N3O4/c1-13-10-15(24(26)27)6-7-16(13)19-8-9-20(28-19)21(25)23-12-14(11-22)17-4-2-3-5-18(17)23/h2-10,12H,1H3. The van der Waals surface area contributed by atoms with Gasteiger partial charge in [-0.1, -0.05) is 18.2 Å². The second-order valence-corrected chi connectivity index (χ2v) is 6.27. The zero-order valence-electron chi connectivity index (χ0n) is 14.7. The molecule has 0 atom stereocenters. The minimum absolute atomic E-state index is 0.00745. The highest BCUT2D eigenvalue weighted by atomic mass is 16.6. The molecule has 0 N–H and O–H groups in total. The maximum absolute atomic E-state index is 12.9. The predicted molar refractivity (Wildman–Crippen MR) is 102 cm³/mol. The first-order valence-electron chi connectivity index (χ1n) is 8.39. The fourth-order valence-corrected chi connectivity index (χ4v) is 3.19. The van der Waals surface area contributed by atoms with Crippen molar-refractivity contribution in [1.82, 2.24) is 4.57 Å². The SMILES string of the molecule is Cc1cc([N+](=O)[O-])ccc1-c1ccc(C(=O)n2cc(C#N)c3ccccc32)o1. The van der Waals surface area contributed by atoms with Gasteiger partial charge in [-0.3, -0.25) is 19.5 Å². The monoisotopic (exact) mass is 371 g/mol. The van der Waals surface area contributed by atoms with Crippen molar-refractivity contribution < 1.29 is 14.1 Å². The number of carbonyl (C=O) groups is 1. The summed E-state index contributed by atoms with van der Waals surface area (Å²) in [7, 11) is 0. The summed E-state index contributed by atoms with van der Waals surface area (Å²) in [4.78, 5) is 23.4. The molecule has 4 rings (SSSR count).